The van der Waals surface area contributed by atoms with Gasteiger partial charge < -0.3 is 10.1 Å². The molecule has 1 aliphatic rings. The summed E-state index contributed by atoms with van der Waals surface area (Å²) in [6.45, 7) is 6.07. The Labute approximate surface area is 127 Å². The standard InChI is InChI=1S/C15H24N2O3S/c1-3-9-16-11-12-10-14(7-8-15(12)20-4-2)21(18,19)17-13-5-6-13/h7-8,10,13,16-17H,3-6,9,11H2,1-2H3. The summed E-state index contributed by atoms with van der Waals surface area (Å²) in [6.07, 6.45) is 2.90. The molecule has 0 heterocycles. The zero-order valence-corrected chi connectivity index (χ0v) is 13.5. The molecule has 1 saturated carbocycles. The Bertz CT molecular complexity index is 568. The van der Waals surface area contributed by atoms with E-state index in [0.29, 0.717) is 18.0 Å². The Morgan fingerprint density at radius 1 is 1.29 bits per heavy atom. The molecule has 0 aliphatic heterocycles. The van der Waals surface area contributed by atoms with Crippen LogP contribution < -0.4 is 14.8 Å². The lowest BCUT2D eigenvalue weighted by Gasteiger charge is -2.13. The van der Waals surface area contributed by atoms with Gasteiger partial charge in [-0.15, -0.1) is 0 Å². The van der Waals surface area contributed by atoms with Crippen LogP contribution in [0.15, 0.2) is 23.1 Å². The fourth-order valence-electron chi connectivity index (χ4n) is 2.05. The molecular formula is C15H24N2O3S. The number of hydrogen-bond acceptors (Lipinski definition) is 4. The Morgan fingerprint density at radius 2 is 2.05 bits per heavy atom. The van der Waals surface area contributed by atoms with Crippen LogP contribution in [-0.4, -0.2) is 27.6 Å². The van der Waals surface area contributed by atoms with E-state index in [4.69, 9.17) is 4.74 Å². The van der Waals surface area contributed by atoms with Gasteiger partial charge in [0.25, 0.3) is 0 Å². The van der Waals surface area contributed by atoms with Crippen molar-refractivity contribution < 1.29 is 13.2 Å². The van der Waals surface area contributed by atoms with Gasteiger partial charge in [-0.2, -0.15) is 0 Å². The molecule has 0 aromatic heterocycles. The largest absolute Gasteiger partial charge is 0.494 e. The minimum absolute atomic E-state index is 0.114. The molecule has 0 bridgehead atoms. The van der Waals surface area contributed by atoms with Crippen LogP contribution in [0.4, 0.5) is 0 Å². The average molecular weight is 312 g/mol. The normalized spacial score (nSPS) is 15.1. The molecule has 1 aliphatic carbocycles. The molecule has 5 nitrogen and oxygen atoms in total. The molecule has 2 rings (SSSR count). The van der Waals surface area contributed by atoms with Crippen LogP contribution in [0.2, 0.25) is 0 Å². The Kier molecular flexibility index (Phi) is 5.61. The van der Waals surface area contributed by atoms with Crippen molar-refractivity contribution in [2.75, 3.05) is 13.2 Å². The van der Waals surface area contributed by atoms with Crippen LogP contribution in [0.1, 0.15) is 38.7 Å². The van der Waals surface area contributed by atoms with Crippen LogP contribution in [0.3, 0.4) is 0 Å². The molecule has 1 aromatic carbocycles. The summed E-state index contributed by atoms with van der Waals surface area (Å²) in [6, 6.07) is 5.17. The monoisotopic (exact) mass is 312 g/mol. The smallest absolute Gasteiger partial charge is 0.240 e. The van der Waals surface area contributed by atoms with Crippen molar-refractivity contribution in [2.45, 2.75) is 50.6 Å². The summed E-state index contributed by atoms with van der Waals surface area (Å²) in [5.74, 6) is 0.742. The van der Waals surface area contributed by atoms with Gasteiger partial charge in [0, 0.05) is 18.2 Å². The van der Waals surface area contributed by atoms with E-state index < -0.39 is 10.0 Å². The van der Waals surface area contributed by atoms with Crippen LogP contribution in [-0.2, 0) is 16.6 Å². The molecule has 0 radical (unpaired) electrons. The van der Waals surface area contributed by atoms with Crippen molar-refractivity contribution in [2.24, 2.45) is 0 Å². The summed E-state index contributed by atoms with van der Waals surface area (Å²) in [5.41, 5.74) is 0.879. The lowest BCUT2D eigenvalue weighted by Crippen LogP contribution is -2.26. The SMILES string of the molecule is CCCNCc1cc(S(=O)(=O)NC2CC2)ccc1OCC. The fourth-order valence-corrected chi connectivity index (χ4v) is 3.40. The van der Waals surface area contributed by atoms with E-state index in [-0.39, 0.29) is 6.04 Å². The third-order valence-electron chi connectivity index (χ3n) is 3.28. The van der Waals surface area contributed by atoms with Gasteiger partial charge >= 0.3 is 0 Å². The lowest BCUT2D eigenvalue weighted by atomic mass is 10.2. The van der Waals surface area contributed by atoms with Crippen LogP contribution in [0.5, 0.6) is 5.75 Å². The maximum atomic E-state index is 12.3. The maximum absolute atomic E-state index is 12.3. The molecule has 118 valence electrons. The van der Waals surface area contributed by atoms with Gasteiger partial charge in [0.2, 0.25) is 10.0 Å². The Morgan fingerprint density at radius 3 is 2.67 bits per heavy atom. The van der Waals surface area contributed by atoms with Crippen LogP contribution in [0.25, 0.3) is 0 Å². The van der Waals surface area contributed by atoms with Gasteiger partial charge in [0.1, 0.15) is 5.75 Å². The predicted molar refractivity (Wildman–Crippen MR) is 83.0 cm³/mol. The van der Waals surface area contributed by atoms with E-state index in [9.17, 15) is 8.42 Å². The minimum atomic E-state index is -3.42. The molecular weight excluding hydrogens is 288 g/mol. The molecule has 1 aromatic rings. The molecule has 0 amide bonds. The van der Waals surface area contributed by atoms with E-state index in [1.54, 1.807) is 18.2 Å². The second-order valence-electron chi connectivity index (χ2n) is 5.27. The van der Waals surface area contributed by atoms with Crippen molar-refractivity contribution in [3.63, 3.8) is 0 Å². The minimum Gasteiger partial charge on any atom is -0.494 e. The van der Waals surface area contributed by atoms with E-state index in [1.807, 2.05) is 6.92 Å². The first-order valence-electron chi connectivity index (χ1n) is 7.55. The number of nitrogens with one attached hydrogen (secondary N) is 2. The molecule has 0 atom stereocenters. The highest BCUT2D eigenvalue weighted by Crippen LogP contribution is 2.26. The van der Waals surface area contributed by atoms with E-state index in [2.05, 4.69) is 17.0 Å². The van der Waals surface area contributed by atoms with Crippen molar-refractivity contribution in [1.82, 2.24) is 10.0 Å². The van der Waals surface area contributed by atoms with Crippen molar-refractivity contribution in [1.29, 1.82) is 0 Å². The van der Waals surface area contributed by atoms with Crippen molar-refractivity contribution in [3.05, 3.63) is 23.8 Å². The first-order valence-corrected chi connectivity index (χ1v) is 9.04. The molecule has 21 heavy (non-hydrogen) atoms. The van der Waals surface area contributed by atoms with Gasteiger partial charge in [-0.25, -0.2) is 13.1 Å². The highest BCUT2D eigenvalue weighted by atomic mass is 32.2. The Balaban J connectivity index is 2.20. The third-order valence-corrected chi connectivity index (χ3v) is 4.80. The molecule has 0 saturated heterocycles. The highest BCUT2D eigenvalue weighted by molar-refractivity contribution is 7.89. The number of hydrogen-bond donors (Lipinski definition) is 2. The molecule has 0 spiro atoms. The van der Waals surface area contributed by atoms with E-state index >= 15 is 0 Å². The van der Waals surface area contributed by atoms with Crippen LogP contribution in [0, 0.1) is 0 Å². The molecule has 2 N–H and O–H groups in total. The second-order valence-corrected chi connectivity index (χ2v) is 6.99. The zero-order chi connectivity index (χ0) is 15.3. The first-order chi connectivity index (χ1) is 10.1. The van der Waals surface area contributed by atoms with Gasteiger partial charge in [0.05, 0.1) is 11.5 Å². The zero-order valence-electron chi connectivity index (χ0n) is 12.7. The number of ether oxygens (including phenoxy) is 1. The Hall–Kier alpha value is -1.11. The van der Waals surface area contributed by atoms with E-state index in [1.165, 1.54) is 0 Å². The average Bonchev–Trinajstić information content (AvgIpc) is 3.24. The van der Waals surface area contributed by atoms with Crippen LogP contribution >= 0.6 is 0 Å². The van der Waals surface area contributed by atoms with Crippen molar-refractivity contribution >= 4 is 10.0 Å². The second kappa shape index (κ2) is 7.24. The van der Waals surface area contributed by atoms with Gasteiger partial charge in [-0.3, -0.25) is 0 Å². The fraction of sp³-hybridized carbons (Fsp3) is 0.600. The predicted octanol–water partition coefficient (Wildman–Crippen LogP) is 2.03. The highest BCUT2D eigenvalue weighted by Gasteiger charge is 2.28. The summed E-state index contributed by atoms with van der Waals surface area (Å²) in [4.78, 5) is 0.311. The van der Waals surface area contributed by atoms with Gasteiger partial charge in [-0.1, -0.05) is 6.92 Å². The summed E-state index contributed by atoms with van der Waals surface area (Å²) < 4.78 is 32.8. The molecule has 0 unspecified atom stereocenters. The number of rotatable bonds is 9. The van der Waals surface area contributed by atoms with Gasteiger partial charge in [-0.05, 0) is 50.9 Å². The number of benzene rings is 1. The summed E-state index contributed by atoms with van der Waals surface area (Å²) in [7, 11) is -3.42. The summed E-state index contributed by atoms with van der Waals surface area (Å²) in [5, 5.41) is 3.29. The summed E-state index contributed by atoms with van der Waals surface area (Å²) >= 11 is 0. The molecule has 6 heteroatoms. The maximum Gasteiger partial charge on any atom is 0.240 e. The lowest BCUT2D eigenvalue weighted by molar-refractivity contribution is 0.335. The number of sulfonamides is 1. The van der Waals surface area contributed by atoms with Crippen molar-refractivity contribution in [3.8, 4) is 5.75 Å². The third kappa shape index (κ3) is 4.69. The first kappa shape index (κ1) is 16.3. The quantitative estimate of drug-likeness (QED) is 0.685. The van der Waals surface area contributed by atoms with E-state index in [0.717, 1.165) is 37.1 Å². The van der Waals surface area contributed by atoms with Gasteiger partial charge in [0.15, 0.2) is 0 Å². The molecule has 1 fully saturated rings. The topological polar surface area (TPSA) is 67.4 Å².